The predicted molar refractivity (Wildman–Crippen MR) is 75.8 cm³/mol. The molecule has 1 aliphatic heterocycles. The molecule has 5 nitrogen and oxygen atoms in total. The lowest BCUT2D eigenvalue weighted by molar-refractivity contribution is -0.114. The van der Waals surface area contributed by atoms with Crippen molar-refractivity contribution in [2.75, 3.05) is 11.1 Å². The van der Waals surface area contributed by atoms with Crippen molar-refractivity contribution in [1.29, 1.82) is 0 Å². The van der Waals surface area contributed by atoms with E-state index in [1.807, 2.05) is 23.6 Å². The number of carbonyl (C=O) groups is 1. The van der Waals surface area contributed by atoms with E-state index in [0.717, 1.165) is 22.5 Å². The number of hydrogen-bond donors (Lipinski definition) is 2. The molecule has 0 spiro atoms. The van der Waals surface area contributed by atoms with Crippen molar-refractivity contribution in [1.82, 2.24) is 0 Å². The largest absolute Gasteiger partial charge is 0.449 e. The van der Waals surface area contributed by atoms with Gasteiger partial charge in [-0.15, -0.1) is 11.3 Å². The van der Waals surface area contributed by atoms with Crippen LogP contribution < -0.4 is 11.1 Å². The van der Waals surface area contributed by atoms with Gasteiger partial charge in [0, 0.05) is 16.9 Å². The molecule has 0 radical (unpaired) electrons. The van der Waals surface area contributed by atoms with Gasteiger partial charge in [0.2, 0.25) is 0 Å². The molecule has 1 unspecified atom stereocenters. The maximum atomic E-state index is 11.0. The Balaban J connectivity index is 1.86. The molecule has 1 atom stereocenters. The Bertz CT molecular complexity index is 634. The SMILES string of the molecule is Nc1ccc(NC2=Nc3sccc3C(C=O)O2)cc1. The molecule has 1 aliphatic rings. The molecule has 0 saturated carbocycles. The lowest BCUT2D eigenvalue weighted by atomic mass is 10.2. The molecule has 0 saturated heterocycles. The summed E-state index contributed by atoms with van der Waals surface area (Å²) in [5.74, 6) is 0. The first-order valence-corrected chi connectivity index (χ1v) is 6.55. The number of nitrogens with zero attached hydrogens (tertiary/aromatic N) is 1. The highest BCUT2D eigenvalue weighted by molar-refractivity contribution is 7.14. The van der Waals surface area contributed by atoms with Gasteiger partial charge in [0.05, 0.1) is 0 Å². The number of fused-ring (bicyclic) bond motifs is 1. The zero-order chi connectivity index (χ0) is 13.2. The fraction of sp³-hybridized carbons (Fsp3) is 0.0769. The van der Waals surface area contributed by atoms with Crippen LogP contribution in [-0.2, 0) is 9.53 Å². The van der Waals surface area contributed by atoms with E-state index < -0.39 is 6.10 Å². The molecule has 3 rings (SSSR count). The van der Waals surface area contributed by atoms with E-state index in [9.17, 15) is 4.79 Å². The summed E-state index contributed by atoms with van der Waals surface area (Å²) in [6.07, 6.45) is 0.167. The van der Waals surface area contributed by atoms with Crippen LogP contribution in [0.2, 0.25) is 0 Å². The van der Waals surface area contributed by atoms with Gasteiger partial charge in [0.1, 0.15) is 5.00 Å². The fourth-order valence-electron chi connectivity index (χ4n) is 1.77. The Labute approximate surface area is 113 Å². The molecule has 0 fully saturated rings. The Morgan fingerprint density at radius 2 is 2.11 bits per heavy atom. The van der Waals surface area contributed by atoms with Crippen LogP contribution in [0.25, 0.3) is 0 Å². The van der Waals surface area contributed by atoms with Crippen molar-refractivity contribution < 1.29 is 9.53 Å². The summed E-state index contributed by atoms with van der Waals surface area (Å²) in [5, 5.41) is 5.70. The number of aldehydes is 1. The number of anilines is 2. The Morgan fingerprint density at radius 3 is 2.84 bits per heavy atom. The summed E-state index contributed by atoms with van der Waals surface area (Å²) >= 11 is 1.47. The standard InChI is InChI=1S/C13H11N3O2S/c14-8-1-3-9(4-2-8)15-13-16-12-10(5-6-19-12)11(7-17)18-13/h1-7,11H,14H2,(H,15,16). The van der Waals surface area contributed by atoms with Crippen LogP contribution in [0.4, 0.5) is 16.4 Å². The smallest absolute Gasteiger partial charge is 0.296 e. The van der Waals surface area contributed by atoms with Crippen molar-refractivity contribution in [3.8, 4) is 0 Å². The number of nitrogen functional groups attached to an aromatic ring is 1. The lowest BCUT2D eigenvalue weighted by Crippen LogP contribution is -2.22. The molecular formula is C13H11N3O2S. The van der Waals surface area contributed by atoms with E-state index in [1.54, 1.807) is 12.1 Å². The second-order valence-electron chi connectivity index (χ2n) is 4.02. The Kier molecular flexibility index (Phi) is 2.92. The van der Waals surface area contributed by atoms with Gasteiger partial charge in [0.25, 0.3) is 6.02 Å². The van der Waals surface area contributed by atoms with Crippen LogP contribution in [0.1, 0.15) is 11.7 Å². The molecule has 1 aromatic heterocycles. The van der Waals surface area contributed by atoms with Gasteiger partial charge < -0.3 is 15.8 Å². The first-order chi connectivity index (χ1) is 9.26. The van der Waals surface area contributed by atoms with Gasteiger partial charge in [-0.1, -0.05) is 0 Å². The zero-order valence-corrected chi connectivity index (χ0v) is 10.7. The molecule has 0 amide bonds. The van der Waals surface area contributed by atoms with Gasteiger partial charge >= 0.3 is 0 Å². The molecular weight excluding hydrogens is 262 g/mol. The summed E-state index contributed by atoms with van der Waals surface area (Å²) in [4.78, 5) is 15.4. The number of nitrogens with one attached hydrogen (secondary N) is 1. The van der Waals surface area contributed by atoms with E-state index in [4.69, 9.17) is 10.5 Å². The van der Waals surface area contributed by atoms with Crippen molar-refractivity contribution in [3.05, 3.63) is 41.3 Å². The number of aliphatic imine (C=N–C) groups is 1. The van der Waals surface area contributed by atoms with Gasteiger partial charge in [-0.3, -0.25) is 4.79 Å². The van der Waals surface area contributed by atoms with Crippen molar-refractivity contribution in [3.63, 3.8) is 0 Å². The van der Waals surface area contributed by atoms with E-state index in [-0.39, 0.29) is 0 Å². The summed E-state index contributed by atoms with van der Waals surface area (Å²) in [6, 6.07) is 9.36. The molecule has 0 bridgehead atoms. The van der Waals surface area contributed by atoms with Crippen LogP contribution in [0.15, 0.2) is 40.7 Å². The van der Waals surface area contributed by atoms with Crippen molar-refractivity contribution in [2.24, 2.45) is 4.99 Å². The number of amidine groups is 1. The highest BCUT2D eigenvalue weighted by Crippen LogP contribution is 2.36. The van der Waals surface area contributed by atoms with Gasteiger partial charge in [-0.25, -0.2) is 0 Å². The van der Waals surface area contributed by atoms with Gasteiger partial charge in [-0.05, 0) is 35.7 Å². The molecule has 3 N–H and O–H groups in total. The molecule has 2 heterocycles. The average molecular weight is 273 g/mol. The number of nitrogens with two attached hydrogens (primary N) is 1. The number of thiophene rings is 1. The molecule has 96 valence electrons. The number of benzene rings is 1. The summed E-state index contributed by atoms with van der Waals surface area (Å²) < 4.78 is 5.50. The third-order valence-electron chi connectivity index (χ3n) is 2.71. The molecule has 0 aliphatic carbocycles. The normalized spacial score (nSPS) is 17.1. The summed E-state index contributed by atoms with van der Waals surface area (Å²) in [6.45, 7) is 0. The van der Waals surface area contributed by atoms with Crippen molar-refractivity contribution in [2.45, 2.75) is 6.10 Å². The van der Waals surface area contributed by atoms with E-state index in [2.05, 4.69) is 10.3 Å². The topological polar surface area (TPSA) is 76.7 Å². The first-order valence-electron chi connectivity index (χ1n) is 5.67. The van der Waals surface area contributed by atoms with Crippen LogP contribution in [0.5, 0.6) is 0 Å². The summed E-state index contributed by atoms with van der Waals surface area (Å²) in [7, 11) is 0. The Hall–Kier alpha value is -2.34. The minimum atomic E-state index is -0.602. The minimum Gasteiger partial charge on any atom is -0.449 e. The second-order valence-corrected chi connectivity index (χ2v) is 4.91. The molecule has 19 heavy (non-hydrogen) atoms. The van der Waals surface area contributed by atoms with E-state index in [0.29, 0.717) is 11.7 Å². The van der Waals surface area contributed by atoms with E-state index >= 15 is 0 Å². The number of hydrogen-bond acceptors (Lipinski definition) is 6. The van der Waals surface area contributed by atoms with E-state index in [1.165, 1.54) is 11.3 Å². The van der Waals surface area contributed by atoms with Crippen LogP contribution >= 0.6 is 11.3 Å². The quantitative estimate of drug-likeness (QED) is 0.651. The first kappa shape index (κ1) is 11.7. The Morgan fingerprint density at radius 1 is 1.32 bits per heavy atom. The van der Waals surface area contributed by atoms with Crippen LogP contribution in [-0.4, -0.2) is 12.3 Å². The number of carbonyl (C=O) groups excluding carboxylic acids is 1. The van der Waals surface area contributed by atoms with Gasteiger partial charge in [0.15, 0.2) is 12.4 Å². The molecule has 1 aromatic carbocycles. The number of rotatable bonds is 2. The molecule has 6 heteroatoms. The van der Waals surface area contributed by atoms with Crippen molar-refractivity contribution >= 4 is 40.0 Å². The highest BCUT2D eigenvalue weighted by atomic mass is 32.1. The second kappa shape index (κ2) is 4.74. The van der Waals surface area contributed by atoms with Crippen LogP contribution in [0, 0.1) is 0 Å². The fourth-order valence-corrected chi connectivity index (χ4v) is 2.57. The highest BCUT2D eigenvalue weighted by Gasteiger charge is 2.24. The minimum absolute atomic E-state index is 0.317. The zero-order valence-electron chi connectivity index (χ0n) is 9.87. The van der Waals surface area contributed by atoms with Gasteiger partial charge in [-0.2, -0.15) is 4.99 Å². The monoisotopic (exact) mass is 273 g/mol. The van der Waals surface area contributed by atoms with Crippen LogP contribution in [0.3, 0.4) is 0 Å². The third kappa shape index (κ3) is 2.30. The predicted octanol–water partition coefficient (Wildman–Crippen LogP) is 2.70. The average Bonchev–Trinajstić information content (AvgIpc) is 2.89. The lowest BCUT2D eigenvalue weighted by Gasteiger charge is -2.20. The third-order valence-corrected chi connectivity index (χ3v) is 3.53. The number of ether oxygens (including phenoxy) is 1. The maximum Gasteiger partial charge on any atom is 0.296 e. The summed E-state index contributed by atoms with van der Waals surface area (Å²) in [5.41, 5.74) is 7.91. The maximum absolute atomic E-state index is 11.0. The molecule has 2 aromatic rings.